The Morgan fingerprint density at radius 3 is 2.65 bits per heavy atom. The number of rotatable bonds is 5. The lowest BCUT2D eigenvalue weighted by molar-refractivity contribution is 0.102. The molecular weight excluding hydrogens is 467 g/mol. The number of hydrogen-bond donors (Lipinski definition) is 1. The van der Waals surface area contributed by atoms with Crippen LogP contribution >= 0.6 is 0 Å². The molecule has 0 atom stereocenters. The van der Waals surface area contributed by atoms with Crippen molar-refractivity contribution in [3.05, 3.63) is 94.4 Å². The quantitative estimate of drug-likeness (QED) is 0.425. The third-order valence-electron chi connectivity index (χ3n) is 6.72. The molecule has 37 heavy (non-hydrogen) atoms. The number of alkyl halides is 1. The molecule has 2 aromatic heterocycles. The first kappa shape index (κ1) is 24.6. The molecule has 7 nitrogen and oxygen atoms in total. The van der Waals surface area contributed by atoms with Gasteiger partial charge in [-0.05, 0) is 73.0 Å². The highest BCUT2D eigenvalue weighted by molar-refractivity contribution is 6.04. The van der Waals surface area contributed by atoms with Crippen LogP contribution in [-0.4, -0.2) is 63.5 Å². The summed E-state index contributed by atoms with van der Waals surface area (Å²) in [5.74, 6) is 6.44. The molecule has 1 aliphatic rings. The number of halogens is 1. The van der Waals surface area contributed by atoms with Gasteiger partial charge in [0.2, 0.25) is 5.82 Å². The Labute approximate surface area is 215 Å². The number of aryl methyl sites for hydroxylation is 1. The van der Waals surface area contributed by atoms with E-state index >= 15 is 0 Å². The lowest BCUT2D eigenvalue weighted by Crippen LogP contribution is -2.44. The van der Waals surface area contributed by atoms with Crippen molar-refractivity contribution in [2.24, 2.45) is 0 Å². The van der Waals surface area contributed by atoms with Gasteiger partial charge in [0.25, 0.3) is 5.91 Å². The predicted octanol–water partition coefficient (Wildman–Crippen LogP) is 3.91. The van der Waals surface area contributed by atoms with Crippen molar-refractivity contribution in [3.63, 3.8) is 0 Å². The van der Waals surface area contributed by atoms with Gasteiger partial charge in [-0.25, -0.2) is 4.39 Å². The van der Waals surface area contributed by atoms with Gasteiger partial charge in [-0.1, -0.05) is 24.1 Å². The van der Waals surface area contributed by atoms with Crippen LogP contribution < -0.4 is 5.32 Å². The van der Waals surface area contributed by atoms with Crippen LogP contribution in [0.1, 0.15) is 38.4 Å². The summed E-state index contributed by atoms with van der Waals surface area (Å²) in [6.45, 7) is 6.03. The number of aromatic nitrogens is 3. The fraction of sp³-hybridized carbons (Fsp3) is 0.276. The van der Waals surface area contributed by atoms with Crippen LogP contribution in [0, 0.1) is 18.8 Å². The standard InChI is InChI=1S/C29H29FN6O/c1-21-6-7-23(17-22(21)9-11-28-33-32-27-5-3-4-12-36(27)28)29(37)31-26-10-8-24(25(18-26)19-30)20-35-15-13-34(2)14-16-35/h3-8,10,12,17-18H,13-16,19-20H2,1-2H3,(H,31,37). The monoisotopic (exact) mass is 496 g/mol. The van der Waals surface area contributed by atoms with E-state index in [2.05, 4.69) is 44.2 Å². The second kappa shape index (κ2) is 10.9. The molecule has 5 rings (SSSR count). The van der Waals surface area contributed by atoms with Crippen LogP contribution in [0.2, 0.25) is 0 Å². The van der Waals surface area contributed by atoms with E-state index in [9.17, 15) is 9.18 Å². The largest absolute Gasteiger partial charge is 0.322 e. The molecule has 0 radical (unpaired) electrons. The molecule has 2 aromatic carbocycles. The normalized spacial score (nSPS) is 14.4. The van der Waals surface area contributed by atoms with Crippen LogP contribution in [0.4, 0.5) is 10.1 Å². The maximum atomic E-state index is 13.9. The van der Waals surface area contributed by atoms with Gasteiger partial charge in [-0.3, -0.25) is 14.1 Å². The topological polar surface area (TPSA) is 65.8 Å². The van der Waals surface area contributed by atoms with Crippen molar-refractivity contribution in [1.29, 1.82) is 0 Å². The molecule has 188 valence electrons. The molecule has 8 heteroatoms. The SMILES string of the molecule is Cc1ccc(C(=O)Nc2ccc(CN3CCN(C)CC3)c(CF)c2)cc1C#Cc1nnc2ccccn12. The van der Waals surface area contributed by atoms with Crippen molar-refractivity contribution in [2.45, 2.75) is 20.1 Å². The molecule has 0 spiro atoms. The summed E-state index contributed by atoms with van der Waals surface area (Å²) < 4.78 is 15.7. The van der Waals surface area contributed by atoms with Crippen LogP contribution in [0.15, 0.2) is 60.8 Å². The first-order valence-corrected chi connectivity index (χ1v) is 12.3. The van der Waals surface area contributed by atoms with Gasteiger partial charge >= 0.3 is 0 Å². The molecule has 1 fully saturated rings. The summed E-state index contributed by atoms with van der Waals surface area (Å²) in [5.41, 5.74) is 5.01. The summed E-state index contributed by atoms with van der Waals surface area (Å²) in [5, 5.41) is 11.2. The molecule has 1 aliphatic heterocycles. The highest BCUT2D eigenvalue weighted by Gasteiger charge is 2.16. The Morgan fingerprint density at radius 2 is 1.84 bits per heavy atom. The van der Waals surface area contributed by atoms with Crippen molar-refractivity contribution in [2.75, 3.05) is 38.5 Å². The molecule has 0 aliphatic carbocycles. The van der Waals surface area contributed by atoms with Crippen LogP contribution in [0.5, 0.6) is 0 Å². The number of anilines is 1. The lowest BCUT2D eigenvalue weighted by Gasteiger charge is -2.32. The van der Waals surface area contributed by atoms with E-state index in [1.165, 1.54) is 0 Å². The minimum atomic E-state index is -0.575. The summed E-state index contributed by atoms with van der Waals surface area (Å²) in [4.78, 5) is 17.7. The van der Waals surface area contributed by atoms with E-state index < -0.39 is 6.67 Å². The minimum Gasteiger partial charge on any atom is -0.322 e. The van der Waals surface area contributed by atoms with Gasteiger partial charge in [0.1, 0.15) is 6.67 Å². The first-order chi connectivity index (χ1) is 18.0. The van der Waals surface area contributed by atoms with Crippen LogP contribution in [0.3, 0.4) is 0 Å². The fourth-order valence-corrected chi connectivity index (χ4v) is 4.38. The number of pyridine rings is 1. The Hall–Kier alpha value is -4.06. The van der Waals surface area contributed by atoms with Gasteiger partial charge in [0.15, 0.2) is 5.65 Å². The fourth-order valence-electron chi connectivity index (χ4n) is 4.38. The van der Waals surface area contributed by atoms with E-state index in [-0.39, 0.29) is 5.91 Å². The number of nitrogens with zero attached hydrogens (tertiary/aromatic N) is 5. The minimum absolute atomic E-state index is 0.271. The number of nitrogens with one attached hydrogen (secondary N) is 1. The van der Waals surface area contributed by atoms with E-state index in [0.29, 0.717) is 29.2 Å². The Bertz CT molecular complexity index is 1490. The van der Waals surface area contributed by atoms with Gasteiger partial charge < -0.3 is 10.2 Å². The smallest absolute Gasteiger partial charge is 0.255 e. The van der Waals surface area contributed by atoms with Gasteiger partial charge in [-0.2, -0.15) is 0 Å². The van der Waals surface area contributed by atoms with E-state index in [0.717, 1.165) is 48.5 Å². The zero-order valence-corrected chi connectivity index (χ0v) is 21.0. The van der Waals surface area contributed by atoms with E-state index in [1.807, 2.05) is 53.9 Å². The Morgan fingerprint density at radius 1 is 1.00 bits per heavy atom. The van der Waals surface area contributed by atoms with Crippen molar-refractivity contribution >= 4 is 17.2 Å². The zero-order valence-electron chi connectivity index (χ0n) is 21.0. The number of amides is 1. The third-order valence-corrected chi connectivity index (χ3v) is 6.72. The maximum Gasteiger partial charge on any atom is 0.255 e. The molecule has 1 amide bonds. The van der Waals surface area contributed by atoms with Crippen LogP contribution in [0.25, 0.3) is 5.65 Å². The summed E-state index contributed by atoms with van der Waals surface area (Å²) in [6.07, 6.45) is 1.86. The number of benzene rings is 2. The molecule has 4 aromatic rings. The van der Waals surface area contributed by atoms with E-state index in [4.69, 9.17) is 0 Å². The Kier molecular flexibility index (Phi) is 7.26. The summed E-state index contributed by atoms with van der Waals surface area (Å²) in [6, 6.07) is 16.5. The third kappa shape index (κ3) is 5.69. The summed E-state index contributed by atoms with van der Waals surface area (Å²) >= 11 is 0. The average Bonchev–Trinajstić information content (AvgIpc) is 3.33. The van der Waals surface area contributed by atoms with Crippen molar-refractivity contribution in [3.8, 4) is 11.8 Å². The maximum absolute atomic E-state index is 13.9. The molecule has 0 unspecified atom stereocenters. The van der Waals surface area contributed by atoms with Gasteiger partial charge in [-0.15, -0.1) is 10.2 Å². The van der Waals surface area contributed by atoms with Gasteiger partial charge in [0.05, 0.1) is 0 Å². The molecule has 1 N–H and O–H groups in total. The van der Waals surface area contributed by atoms with E-state index in [1.54, 1.807) is 18.2 Å². The Balaban J connectivity index is 1.31. The lowest BCUT2D eigenvalue weighted by atomic mass is 10.0. The number of piperazine rings is 1. The second-order valence-corrected chi connectivity index (χ2v) is 9.38. The molecule has 1 saturated heterocycles. The average molecular weight is 497 g/mol. The number of hydrogen-bond acceptors (Lipinski definition) is 5. The molecule has 0 bridgehead atoms. The summed E-state index contributed by atoms with van der Waals surface area (Å²) in [7, 11) is 2.12. The van der Waals surface area contributed by atoms with Gasteiger partial charge in [0, 0.05) is 55.7 Å². The molecular formula is C29H29FN6O. The number of carbonyl (C=O) groups excluding carboxylic acids is 1. The van der Waals surface area contributed by atoms with Crippen LogP contribution in [-0.2, 0) is 13.2 Å². The zero-order chi connectivity index (χ0) is 25.8. The van der Waals surface area contributed by atoms with Crippen molar-refractivity contribution < 1.29 is 9.18 Å². The number of fused-ring (bicyclic) bond motifs is 1. The highest BCUT2D eigenvalue weighted by Crippen LogP contribution is 2.21. The second-order valence-electron chi connectivity index (χ2n) is 9.38. The predicted molar refractivity (Wildman–Crippen MR) is 142 cm³/mol. The molecule has 0 saturated carbocycles. The number of carbonyl (C=O) groups is 1. The first-order valence-electron chi connectivity index (χ1n) is 12.3. The van der Waals surface area contributed by atoms with Crippen molar-refractivity contribution in [1.82, 2.24) is 24.4 Å². The molecule has 3 heterocycles. The highest BCUT2D eigenvalue weighted by atomic mass is 19.1. The number of likely N-dealkylation sites (N-methyl/N-ethyl adjacent to an activating group) is 1.